The predicted octanol–water partition coefficient (Wildman–Crippen LogP) is 2.27. The van der Waals surface area contributed by atoms with Crippen LogP contribution in [0.1, 0.15) is 18.9 Å². The lowest BCUT2D eigenvalue weighted by molar-refractivity contribution is -0.143. The summed E-state index contributed by atoms with van der Waals surface area (Å²) in [4.78, 5) is 25.1. The molecule has 0 radical (unpaired) electrons. The molecule has 0 aliphatic heterocycles. The lowest BCUT2D eigenvalue weighted by Crippen LogP contribution is -2.34. The minimum atomic E-state index is -0.342. The van der Waals surface area contributed by atoms with E-state index in [1.807, 2.05) is 0 Å². The van der Waals surface area contributed by atoms with Gasteiger partial charge < -0.3 is 14.4 Å². The fraction of sp³-hybridized carbons (Fsp3) is 0.412. The summed E-state index contributed by atoms with van der Waals surface area (Å²) in [6.45, 7) is 3.06. The number of carbonyl (C=O) groups is 2. The maximum atomic E-state index is 12.8. The van der Waals surface area contributed by atoms with E-state index in [0.29, 0.717) is 19.8 Å². The van der Waals surface area contributed by atoms with Crippen molar-refractivity contribution in [3.8, 4) is 0 Å². The first-order chi connectivity index (χ1) is 11.1. The van der Waals surface area contributed by atoms with Crippen molar-refractivity contribution in [3.05, 3.63) is 41.7 Å². The van der Waals surface area contributed by atoms with Gasteiger partial charge in [-0.25, -0.2) is 4.39 Å². The number of carbonyl (C=O) groups excluding carboxylic acids is 2. The maximum Gasteiger partial charge on any atom is 0.307 e. The number of hydrogen-bond acceptors (Lipinski definition) is 4. The predicted molar refractivity (Wildman–Crippen MR) is 85.1 cm³/mol. The molecule has 0 atom stereocenters. The highest BCUT2D eigenvalue weighted by atomic mass is 19.1. The van der Waals surface area contributed by atoms with Gasteiger partial charge in [0.15, 0.2) is 0 Å². The van der Waals surface area contributed by atoms with Gasteiger partial charge in [0.25, 0.3) is 0 Å². The van der Waals surface area contributed by atoms with E-state index in [-0.39, 0.29) is 30.7 Å². The van der Waals surface area contributed by atoms with Crippen LogP contribution in [0.25, 0.3) is 6.08 Å². The van der Waals surface area contributed by atoms with Gasteiger partial charge in [0.05, 0.1) is 19.6 Å². The molecular formula is C17H22FNO4. The van der Waals surface area contributed by atoms with Gasteiger partial charge in [-0.15, -0.1) is 0 Å². The number of halogens is 1. The fourth-order valence-electron chi connectivity index (χ4n) is 1.84. The minimum absolute atomic E-state index is 0.133. The normalized spacial score (nSPS) is 10.7. The molecule has 0 bridgehead atoms. The second-order valence-electron chi connectivity index (χ2n) is 4.76. The second kappa shape index (κ2) is 10.5. The number of rotatable bonds is 9. The molecule has 6 heteroatoms. The Labute approximate surface area is 135 Å². The Kier molecular flexibility index (Phi) is 8.60. The lowest BCUT2D eigenvalue weighted by atomic mass is 10.2. The molecular weight excluding hydrogens is 301 g/mol. The molecule has 5 nitrogen and oxygen atoms in total. The molecule has 1 rings (SSSR count). The first-order valence-corrected chi connectivity index (χ1v) is 7.44. The zero-order chi connectivity index (χ0) is 17.1. The average molecular weight is 323 g/mol. The van der Waals surface area contributed by atoms with Crippen molar-refractivity contribution < 1.29 is 23.5 Å². The number of benzene rings is 1. The molecule has 0 aromatic heterocycles. The molecule has 0 unspecified atom stereocenters. The van der Waals surface area contributed by atoms with Crippen molar-refractivity contribution in [2.75, 3.05) is 33.4 Å². The van der Waals surface area contributed by atoms with E-state index >= 15 is 0 Å². The quantitative estimate of drug-likeness (QED) is 0.517. The molecule has 0 heterocycles. The van der Waals surface area contributed by atoms with Crippen LogP contribution < -0.4 is 0 Å². The number of nitrogens with zero attached hydrogens (tertiary/aromatic N) is 1. The van der Waals surface area contributed by atoms with Crippen LogP contribution in [0.2, 0.25) is 0 Å². The molecule has 126 valence electrons. The summed E-state index contributed by atoms with van der Waals surface area (Å²) in [5.41, 5.74) is 0.719. The summed E-state index contributed by atoms with van der Waals surface area (Å²) < 4.78 is 22.7. The van der Waals surface area contributed by atoms with Gasteiger partial charge in [0, 0.05) is 26.3 Å². The van der Waals surface area contributed by atoms with E-state index in [1.54, 1.807) is 32.2 Å². The smallest absolute Gasteiger partial charge is 0.307 e. The Morgan fingerprint density at radius 3 is 2.52 bits per heavy atom. The Hall–Kier alpha value is -2.21. The molecule has 1 amide bonds. The van der Waals surface area contributed by atoms with Crippen LogP contribution in [0.4, 0.5) is 4.39 Å². The molecule has 0 saturated carbocycles. The van der Waals surface area contributed by atoms with Crippen LogP contribution in [0.5, 0.6) is 0 Å². The number of methoxy groups -OCH3 is 1. The molecule has 0 aliphatic rings. The lowest BCUT2D eigenvalue weighted by Gasteiger charge is -2.20. The topological polar surface area (TPSA) is 55.8 Å². The van der Waals surface area contributed by atoms with E-state index in [4.69, 9.17) is 9.47 Å². The molecule has 0 N–H and O–H groups in total. The van der Waals surface area contributed by atoms with E-state index in [9.17, 15) is 14.0 Å². The van der Waals surface area contributed by atoms with E-state index in [1.165, 1.54) is 23.1 Å². The maximum absolute atomic E-state index is 12.8. The zero-order valence-electron chi connectivity index (χ0n) is 13.5. The molecule has 1 aromatic rings. The van der Waals surface area contributed by atoms with Gasteiger partial charge in [0.1, 0.15) is 5.82 Å². The van der Waals surface area contributed by atoms with Crippen LogP contribution in [0.15, 0.2) is 30.3 Å². The summed E-state index contributed by atoms with van der Waals surface area (Å²) in [6, 6.07) is 5.82. The zero-order valence-corrected chi connectivity index (χ0v) is 13.5. The summed E-state index contributed by atoms with van der Waals surface area (Å²) in [6.07, 6.45) is 3.13. The Balaban J connectivity index is 2.62. The highest BCUT2D eigenvalue weighted by molar-refractivity contribution is 5.92. The van der Waals surface area contributed by atoms with Crippen LogP contribution >= 0.6 is 0 Å². The van der Waals surface area contributed by atoms with Gasteiger partial charge >= 0.3 is 5.97 Å². The SMILES string of the molecule is CCOC(=O)CCN(CCOC)C(=O)/C=C/c1ccc(F)cc1. The first kappa shape index (κ1) is 18.8. The first-order valence-electron chi connectivity index (χ1n) is 7.44. The largest absolute Gasteiger partial charge is 0.466 e. The van der Waals surface area contributed by atoms with Crippen LogP contribution in [-0.4, -0.2) is 50.2 Å². The monoisotopic (exact) mass is 323 g/mol. The summed E-state index contributed by atoms with van der Waals surface area (Å²) in [5.74, 6) is -0.912. The summed E-state index contributed by atoms with van der Waals surface area (Å²) in [7, 11) is 1.54. The summed E-state index contributed by atoms with van der Waals surface area (Å²) in [5, 5.41) is 0. The molecule has 23 heavy (non-hydrogen) atoms. The minimum Gasteiger partial charge on any atom is -0.466 e. The second-order valence-corrected chi connectivity index (χ2v) is 4.76. The molecule has 0 aliphatic carbocycles. The number of ether oxygens (including phenoxy) is 2. The molecule has 0 saturated heterocycles. The van der Waals surface area contributed by atoms with E-state index in [2.05, 4.69) is 0 Å². The van der Waals surface area contributed by atoms with Crippen molar-refractivity contribution in [3.63, 3.8) is 0 Å². The molecule has 0 spiro atoms. The Morgan fingerprint density at radius 1 is 1.22 bits per heavy atom. The van der Waals surface area contributed by atoms with Crippen LogP contribution in [0, 0.1) is 5.82 Å². The van der Waals surface area contributed by atoms with Crippen molar-refractivity contribution in [1.29, 1.82) is 0 Å². The number of esters is 1. The van der Waals surface area contributed by atoms with Crippen LogP contribution in [-0.2, 0) is 19.1 Å². The van der Waals surface area contributed by atoms with Gasteiger partial charge in [-0.1, -0.05) is 12.1 Å². The van der Waals surface area contributed by atoms with Gasteiger partial charge in [0.2, 0.25) is 5.91 Å². The van der Waals surface area contributed by atoms with Crippen molar-refractivity contribution in [2.24, 2.45) is 0 Å². The number of amides is 1. The molecule has 0 fully saturated rings. The Bertz CT molecular complexity index is 528. The third-order valence-corrected chi connectivity index (χ3v) is 3.06. The standard InChI is InChI=1S/C17H22FNO4/c1-3-23-17(21)10-11-19(12-13-22-2)16(20)9-6-14-4-7-15(18)8-5-14/h4-9H,3,10-13H2,1-2H3/b9-6+. The average Bonchev–Trinajstić information content (AvgIpc) is 2.54. The van der Waals surface area contributed by atoms with E-state index in [0.717, 1.165) is 5.56 Å². The van der Waals surface area contributed by atoms with Crippen molar-refractivity contribution in [1.82, 2.24) is 4.90 Å². The third kappa shape index (κ3) is 7.56. The van der Waals surface area contributed by atoms with Crippen molar-refractivity contribution in [2.45, 2.75) is 13.3 Å². The highest BCUT2D eigenvalue weighted by Crippen LogP contribution is 2.06. The highest BCUT2D eigenvalue weighted by Gasteiger charge is 2.13. The molecule has 1 aromatic carbocycles. The van der Waals surface area contributed by atoms with Crippen LogP contribution in [0.3, 0.4) is 0 Å². The van der Waals surface area contributed by atoms with Gasteiger partial charge in [-0.05, 0) is 30.7 Å². The van der Waals surface area contributed by atoms with Crippen molar-refractivity contribution >= 4 is 18.0 Å². The van der Waals surface area contributed by atoms with Gasteiger partial charge in [-0.2, -0.15) is 0 Å². The van der Waals surface area contributed by atoms with E-state index < -0.39 is 0 Å². The number of hydrogen-bond donors (Lipinski definition) is 0. The van der Waals surface area contributed by atoms with Gasteiger partial charge in [-0.3, -0.25) is 9.59 Å². The third-order valence-electron chi connectivity index (χ3n) is 3.06. The summed E-state index contributed by atoms with van der Waals surface area (Å²) >= 11 is 0. The fourth-order valence-corrected chi connectivity index (χ4v) is 1.84. The Morgan fingerprint density at radius 2 is 1.91 bits per heavy atom.